The van der Waals surface area contributed by atoms with Crippen molar-refractivity contribution in [3.63, 3.8) is 0 Å². The lowest BCUT2D eigenvalue weighted by atomic mass is 9.96. The molecule has 1 aliphatic rings. The molecule has 3 aromatic rings. The topological polar surface area (TPSA) is 88.9 Å². The third-order valence-electron chi connectivity index (χ3n) is 6.02. The standard InChI is InChI=1S/C26H31N5O2S/c1-18-13-14-22(19(2)15-18)31-23(16-20-9-5-3-6-10-20)29-30-26(31)34-17-24(32)28-25(33)27-21-11-7-4-8-12-21/h3,5-6,9-10,13-15,21H,4,7-8,11-12,16-17H2,1-2H3,(H2,27,28,32,33). The molecule has 0 atom stereocenters. The van der Waals surface area contributed by atoms with E-state index < -0.39 is 6.03 Å². The van der Waals surface area contributed by atoms with Crippen molar-refractivity contribution in [3.8, 4) is 5.69 Å². The first kappa shape index (κ1) is 24.0. The number of hydrogen-bond acceptors (Lipinski definition) is 5. The van der Waals surface area contributed by atoms with E-state index in [0.717, 1.165) is 48.3 Å². The Labute approximate surface area is 204 Å². The highest BCUT2D eigenvalue weighted by Crippen LogP contribution is 2.26. The number of aryl methyl sites for hydroxylation is 2. The van der Waals surface area contributed by atoms with E-state index in [9.17, 15) is 9.59 Å². The van der Waals surface area contributed by atoms with E-state index in [-0.39, 0.29) is 17.7 Å². The number of carbonyl (C=O) groups excluding carboxylic acids is 2. The van der Waals surface area contributed by atoms with Crippen LogP contribution in [-0.2, 0) is 11.2 Å². The van der Waals surface area contributed by atoms with E-state index in [1.165, 1.54) is 23.7 Å². The Balaban J connectivity index is 1.47. The van der Waals surface area contributed by atoms with Crippen LogP contribution in [-0.4, -0.2) is 38.5 Å². The van der Waals surface area contributed by atoms with Crippen LogP contribution >= 0.6 is 11.8 Å². The largest absolute Gasteiger partial charge is 0.335 e. The molecule has 178 valence electrons. The summed E-state index contributed by atoms with van der Waals surface area (Å²) in [6.45, 7) is 4.12. The Morgan fingerprint density at radius 1 is 1.03 bits per heavy atom. The molecule has 1 heterocycles. The molecule has 0 aliphatic heterocycles. The maximum atomic E-state index is 12.5. The molecule has 1 fully saturated rings. The summed E-state index contributed by atoms with van der Waals surface area (Å²) in [6, 6.07) is 16.1. The van der Waals surface area contributed by atoms with Gasteiger partial charge in [0.1, 0.15) is 5.82 Å². The summed E-state index contributed by atoms with van der Waals surface area (Å²) >= 11 is 1.28. The van der Waals surface area contributed by atoms with Crippen molar-refractivity contribution in [1.29, 1.82) is 0 Å². The molecule has 1 aliphatic carbocycles. The predicted octanol–water partition coefficient (Wildman–Crippen LogP) is 4.73. The molecule has 34 heavy (non-hydrogen) atoms. The zero-order chi connectivity index (χ0) is 23.9. The van der Waals surface area contributed by atoms with E-state index in [2.05, 4.69) is 65.0 Å². The van der Waals surface area contributed by atoms with Gasteiger partial charge in [0.05, 0.1) is 11.4 Å². The van der Waals surface area contributed by atoms with Gasteiger partial charge < -0.3 is 5.32 Å². The maximum Gasteiger partial charge on any atom is 0.321 e. The molecule has 0 spiro atoms. The molecule has 0 unspecified atom stereocenters. The molecule has 4 rings (SSSR count). The van der Waals surface area contributed by atoms with Gasteiger partial charge in [0, 0.05) is 12.5 Å². The van der Waals surface area contributed by atoms with Crippen molar-refractivity contribution in [1.82, 2.24) is 25.4 Å². The van der Waals surface area contributed by atoms with E-state index >= 15 is 0 Å². The number of nitrogens with one attached hydrogen (secondary N) is 2. The Bertz CT molecular complexity index is 1140. The summed E-state index contributed by atoms with van der Waals surface area (Å²) in [7, 11) is 0. The van der Waals surface area contributed by atoms with Crippen molar-refractivity contribution in [2.24, 2.45) is 0 Å². The molecule has 8 heteroatoms. The molecule has 0 radical (unpaired) electrons. The van der Waals surface area contributed by atoms with Gasteiger partial charge in [-0.05, 0) is 43.9 Å². The molecule has 0 saturated heterocycles. The minimum Gasteiger partial charge on any atom is -0.335 e. The number of carbonyl (C=O) groups is 2. The molecule has 3 amide bonds. The zero-order valence-corrected chi connectivity index (χ0v) is 20.5. The first-order valence-electron chi connectivity index (χ1n) is 11.8. The van der Waals surface area contributed by atoms with Crippen molar-refractivity contribution in [2.45, 2.75) is 63.6 Å². The smallest absolute Gasteiger partial charge is 0.321 e. The van der Waals surface area contributed by atoms with Crippen molar-refractivity contribution < 1.29 is 9.59 Å². The molecule has 2 aromatic carbocycles. The maximum absolute atomic E-state index is 12.5. The van der Waals surface area contributed by atoms with E-state index in [1.54, 1.807) is 0 Å². The van der Waals surface area contributed by atoms with Gasteiger partial charge in [-0.15, -0.1) is 10.2 Å². The summed E-state index contributed by atoms with van der Waals surface area (Å²) in [5.74, 6) is 0.529. The van der Waals surface area contributed by atoms with Gasteiger partial charge >= 0.3 is 6.03 Å². The SMILES string of the molecule is Cc1ccc(-n2c(Cc3ccccc3)nnc2SCC(=O)NC(=O)NC2CCCCC2)c(C)c1. The molecular formula is C26H31N5O2S. The molecular weight excluding hydrogens is 446 g/mol. The number of hydrogen-bond donors (Lipinski definition) is 2. The predicted molar refractivity (Wildman–Crippen MR) is 134 cm³/mol. The molecule has 7 nitrogen and oxygen atoms in total. The van der Waals surface area contributed by atoms with Crippen LogP contribution in [0.4, 0.5) is 4.79 Å². The van der Waals surface area contributed by atoms with Crippen LogP contribution in [0.15, 0.2) is 53.7 Å². The Morgan fingerprint density at radius 3 is 2.53 bits per heavy atom. The zero-order valence-electron chi connectivity index (χ0n) is 19.7. The monoisotopic (exact) mass is 477 g/mol. The summed E-state index contributed by atoms with van der Waals surface area (Å²) in [6.07, 6.45) is 6.02. The molecule has 1 saturated carbocycles. The van der Waals surface area contributed by atoms with Crippen LogP contribution in [0.25, 0.3) is 5.69 Å². The van der Waals surface area contributed by atoms with Crippen molar-refractivity contribution in [2.75, 3.05) is 5.75 Å². The van der Waals surface area contributed by atoms with Crippen LogP contribution in [0.2, 0.25) is 0 Å². The van der Waals surface area contributed by atoms with Crippen LogP contribution in [0, 0.1) is 13.8 Å². The van der Waals surface area contributed by atoms with Gasteiger partial charge in [-0.2, -0.15) is 0 Å². The number of thioether (sulfide) groups is 1. The number of rotatable bonds is 7. The average Bonchev–Trinajstić information content (AvgIpc) is 3.21. The number of nitrogens with zero attached hydrogens (tertiary/aromatic N) is 3. The second-order valence-electron chi connectivity index (χ2n) is 8.83. The minimum absolute atomic E-state index is 0.0759. The van der Waals surface area contributed by atoms with Crippen molar-refractivity contribution in [3.05, 3.63) is 71.0 Å². The summed E-state index contributed by atoms with van der Waals surface area (Å²) < 4.78 is 2.02. The lowest BCUT2D eigenvalue weighted by molar-refractivity contribution is -0.117. The van der Waals surface area contributed by atoms with Gasteiger partial charge in [0.25, 0.3) is 0 Å². The number of benzene rings is 2. The van der Waals surface area contributed by atoms with Crippen LogP contribution < -0.4 is 10.6 Å². The normalized spacial score (nSPS) is 14.1. The van der Waals surface area contributed by atoms with Crippen LogP contribution in [0.1, 0.15) is 54.6 Å². The Hall–Kier alpha value is -3.13. The molecule has 1 aromatic heterocycles. The van der Waals surface area contributed by atoms with E-state index in [4.69, 9.17) is 0 Å². The van der Waals surface area contributed by atoms with Gasteiger partial charge in [0.2, 0.25) is 5.91 Å². The number of imide groups is 1. The minimum atomic E-state index is -0.418. The third-order valence-corrected chi connectivity index (χ3v) is 6.95. The summed E-state index contributed by atoms with van der Waals surface area (Å²) in [5, 5.41) is 14.8. The third kappa shape index (κ3) is 6.26. The first-order chi connectivity index (χ1) is 16.5. The van der Waals surface area contributed by atoms with Crippen LogP contribution in [0.5, 0.6) is 0 Å². The molecule has 0 bridgehead atoms. The second kappa shape index (κ2) is 11.3. The lowest BCUT2D eigenvalue weighted by Crippen LogP contribution is -2.45. The summed E-state index contributed by atoms with van der Waals surface area (Å²) in [4.78, 5) is 24.7. The van der Waals surface area contributed by atoms with Crippen LogP contribution in [0.3, 0.4) is 0 Å². The van der Waals surface area contributed by atoms with Crippen molar-refractivity contribution >= 4 is 23.7 Å². The fourth-order valence-corrected chi connectivity index (χ4v) is 5.11. The highest BCUT2D eigenvalue weighted by molar-refractivity contribution is 7.99. The quantitative estimate of drug-likeness (QED) is 0.481. The second-order valence-corrected chi connectivity index (χ2v) is 9.77. The van der Waals surface area contributed by atoms with E-state index in [0.29, 0.717) is 11.6 Å². The fourth-order valence-electron chi connectivity index (χ4n) is 4.35. The van der Waals surface area contributed by atoms with Gasteiger partial charge in [-0.1, -0.05) is 79.1 Å². The van der Waals surface area contributed by atoms with Gasteiger partial charge in [-0.3, -0.25) is 14.7 Å². The number of aromatic nitrogens is 3. The highest BCUT2D eigenvalue weighted by Gasteiger charge is 2.20. The number of urea groups is 1. The highest BCUT2D eigenvalue weighted by atomic mass is 32.2. The Morgan fingerprint density at radius 2 is 1.79 bits per heavy atom. The average molecular weight is 478 g/mol. The first-order valence-corrected chi connectivity index (χ1v) is 12.8. The van der Waals surface area contributed by atoms with Gasteiger partial charge in [-0.25, -0.2) is 4.79 Å². The number of amides is 3. The van der Waals surface area contributed by atoms with E-state index in [1.807, 2.05) is 22.8 Å². The van der Waals surface area contributed by atoms with Gasteiger partial charge in [0.15, 0.2) is 5.16 Å². The Kier molecular flexibility index (Phi) is 8.00. The summed E-state index contributed by atoms with van der Waals surface area (Å²) in [5.41, 5.74) is 4.40. The molecule has 2 N–H and O–H groups in total. The lowest BCUT2D eigenvalue weighted by Gasteiger charge is -2.22. The fraction of sp³-hybridized carbons (Fsp3) is 0.385.